The summed E-state index contributed by atoms with van der Waals surface area (Å²) in [5.41, 5.74) is 0.965. The molecule has 1 heterocycles. The molecule has 0 spiro atoms. The lowest BCUT2D eigenvalue weighted by Gasteiger charge is -2.13. The number of hydrogen-bond donors (Lipinski definition) is 2. The lowest BCUT2D eigenvalue weighted by Crippen LogP contribution is -2.41. The third kappa shape index (κ3) is 3.81. The molecule has 0 bridgehead atoms. The third-order valence-electron chi connectivity index (χ3n) is 3.32. The molecule has 1 aliphatic rings. The van der Waals surface area contributed by atoms with Crippen molar-refractivity contribution in [2.24, 2.45) is 0 Å². The molecule has 2 N–H and O–H groups in total. The Balaban J connectivity index is 1.85. The first-order valence-corrected chi connectivity index (χ1v) is 7.04. The molecule has 4 amide bonds. The normalized spacial score (nSPS) is 17.8. The zero-order valence-electron chi connectivity index (χ0n) is 12.0. The molecule has 1 aromatic rings. The Kier molecular flexibility index (Phi) is 4.92. The number of imide groups is 1. The maximum Gasteiger partial charge on any atom is 0.325 e. The first-order chi connectivity index (χ1) is 10.1. The number of urea groups is 1. The van der Waals surface area contributed by atoms with E-state index in [1.165, 1.54) is 0 Å². The van der Waals surface area contributed by atoms with E-state index in [4.69, 9.17) is 0 Å². The largest absolute Gasteiger partial charge is 0.350 e. The molecule has 1 fully saturated rings. The maximum absolute atomic E-state index is 12.0. The summed E-state index contributed by atoms with van der Waals surface area (Å²) >= 11 is 0. The van der Waals surface area contributed by atoms with E-state index in [1.807, 2.05) is 37.3 Å². The average Bonchev–Trinajstić information content (AvgIpc) is 2.74. The molecule has 112 valence electrons. The summed E-state index contributed by atoms with van der Waals surface area (Å²) in [5.74, 6) is -0.670. The molecular formula is C15H19N3O3. The van der Waals surface area contributed by atoms with Crippen LogP contribution >= 0.6 is 0 Å². The summed E-state index contributed by atoms with van der Waals surface area (Å²) in [6.07, 6.45) is 1.39. The van der Waals surface area contributed by atoms with Gasteiger partial charge in [0.25, 0.3) is 5.91 Å². The molecule has 1 aromatic carbocycles. The number of nitrogens with zero attached hydrogens (tertiary/aromatic N) is 1. The summed E-state index contributed by atoms with van der Waals surface area (Å²) in [5, 5.41) is 5.29. The van der Waals surface area contributed by atoms with Gasteiger partial charge in [0, 0.05) is 6.54 Å². The van der Waals surface area contributed by atoms with Gasteiger partial charge in [-0.3, -0.25) is 14.5 Å². The van der Waals surface area contributed by atoms with Gasteiger partial charge >= 0.3 is 6.03 Å². The number of carbonyl (C=O) groups excluding carboxylic acids is 3. The van der Waals surface area contributed by atoms with Crippen molar-refractivity contribution in [3.8, 4) is 0 Å². The Hall–Kier alpha value is -2.37. The monoisotopic (exact) mass is 289 g/mol. The lowest BCUT2D eigenvalue weighted by molar-refractivity contribution is -0.132. The fourth-order valence-corrected chi connectivity index (χ4v) is 2.21. The van der Waals surface area contributed by atoms with Crippen LogP contribution in [0.1, 0.15) is 25.3 Å². The summed E-state index contributed by atoms with van der Waals surface area (Å²) < 4.78 is 0. The molecule has 0 saturated carbocycles. The summed E-state index contributed by atoms with van der Waals surface area (Å²) in [6.45, 7) is 2.08. The predicted molar refractivity (Wildman–Crippen MR) is 77.2 cm³/mol. The SMILES string of the molecule is CCCC1NC(=O)N(CC(=O)NCc2ccccc2)C1=O. The van der Waals surface area contributed by atoms with Gasteiger partial charge in [-0.05, 0) is 12.0 Å². The topological polar surface area (TPSA) is 78.5 Å². The van der Waals surface area contributed by atoms with Gasteiger partial charge in [-0.1, -0.05) is 43.7 Å². The molecule has 1 saturated heterocycles. The van der Waals surface area contributed by atoms with Gasteiger partial charge < -0.3 is 10.6 Å². The predicted octanol–water partition coefficient (Wildman–Crippen LogP) is 1.02. The number of hydrogen-bond acceptors (Lipinski definition) is 3. The van der Waals surface area contributed by atoms with Crippen molar-refractivity contribution >= 4 is 17.8 Å². The van der Waals surface area contributed by atoms with Gasteiger partial charge in [0.05, 0.1) is 0 Å². The molecule has 6 heteroatoms. The van der Waals surface area contributed by atoms with Crippen molar-refractivity contribution in [2.75, 3.05) is 6.54 Å². The van der Waals surface area contributed by atoms with Crippen LogP contribution in [0.2, 0.25) is 0 Å². The number of amides is 4. The first kappa shape index (κ1) is 15.0. The van der Waals surface area contributed by atoms with Gasteiger partial charge in [0.1, 0.15) is 12.6 Å². The van der Waals surface area contributed by atoms with Gasteiger partial charge in [-0.2, -0.15) is 0 Å². The fraction of sp³-hybridized carbons (Fsp3) is 0.400. The zero-order chi connectivity index (χ0) is 15.2. The van der Waals surface area contributed by atoms with E-state index in [0.717, 1.165) is 16.9 Å². The minimum Gasteiger partial charge on any atom is -0.350 e. The minimum absolute atomic E-state index is 0.238. The molecule has 0 aliphatic carbocycles. The highest BCUT2D eigenvalue weighted by Gasteiger charge is 2.38. The number of benzene rings is 1. The lowest BCUT2D eigenvalue weighted by atomic mass is 10.2. The van der Waals surface area contributed by atoms with Crippen molar-refractivity contribution in [3.05, 3.63) is 35.9 Å². The van der Waals surface area contributed by atoms with Crippen LogP contribution in [0.4, 0.5) is 4.79 Å². The van der Waals surface area contributed by atoms with Crippen LogP contribution in [-0.2, 0) is 16.1 Å². The van der Waals surface area contributed by atoms with Crippen molar-refractivity contribution in [3.63, 3.8) is 0 Å². The standard InChI is InChI=1S/C15H19N3O3/c1-2-6-12-14(20)18(15(21)17-12)10-13(19)16-9-11-7-4-3-5-8-11/h3-5,7-8,12H,2,6,9-10H2,1H3,(H,16,19)(H,17,21). The fourth-order valence-electron chi connectivity index (χ4n) is 2.21. The quantitative estimate of drug-likeness (QED) is 0.768. The Morgan fingerprint density at radius 2 is 2.00 bits per heavy atom. The van der Waals surface area contributed by atoms with Gasteiger partial charge in [-0.25, -0.2) is 4.79 Å². The van der Waals surface area contributed by atoms with Crippen LogP contribution in [0.3, 0.4) is 0 Å². The molecular weight excluding hydrogens is 270 g/mol. The van der Waals surface area contributed by atoms with Crippen molar-refractivity contribution in [1.82, 2.24) is 15.5 Å². The van der Waals surface area contributed by atoms with E-state index in [1.54, 1.807) is 0 Å². The smallest absolute Gasteiger partial charge is 0.325 e. The molecule has 21 heavy (non-hydrogen) atoms. The van der Waals surface area contributed by atoms with E-state index in [0.29, 0.717) is 13.0 Å². The zero-order valence-corrected chi connectivity index (χ0v) is 12.0. The highest BCUT2D eigenvalue weighted by atomic mass is 16.2. The molecule has 1 atom stereocenters. The van der Waals surface area contributed by atoms with Crippen molar-refractivity contribution in [2.45, 2.75) is 32.4 Å². The van der Waals surface area contributed by atoms with E-state index in [2.05, 4.69) is 10.6 Å². The van der Waals surface area contributed by atoms with E-state index in [9.17, 15) is 14.4 Å². The second kappa shape index (κ2) is 6.88. The van der Waals surface area contributed by atoms with Gasteiger partial charge in [-0.15, -0.1) is 0 Å². The number of rotatable bonds is 6. The van der Waals surface area contributed by atoms with E-state index < -0.39 is 12.1 Å². The number of nitrogens with one attached hydrogen (secondary N) is 2. The Morgan fingerprint density at radius 3 is 2.67 bits per heavy atom. The van der Waals surface area contributed by atoms with Crippen molar-refractivity contribution < 1.29 is 14.4 Å². The third-order valence-corrected chi connectivity index (χ3v) is 3.32. The van der Waals surface area contributed by atoms with Crippen LogP contribution < -0.4 is 10.6 Å². The highest BCUT2D eigenvalue weighted by molar-refractivity contribution is 6.06. The van der Waals surface area contributed by atoms with Crippen LogP contribution in [-0.4, -0.2) is 35.3 Å². The molecule has 1 aliphatic heterocycles. The summed E-state index contributed by atoms with van der Waals surface area (Å²) in [7, 11) is 0. The highest BCUT2D eigenvalue weighted by Crippen LogP contribution is 2.10. The number of carbonyl (C=O) groups is 3. The summed E-state index contributed by atoms with van der Waals surface area (Å²) in [6, 6.07) is 8.46. The van der Waals surface area contributed by atoms with Crippen molar-refractivity contribution in [1.29, 1.82) is 0 Å². The Labute approximate surface area is 123 Å². The second-order valence-electron chi connectivity index (χ2n) is 4.98. The van der Waals surface area contributed by atoms with Crippen LogP contribution in [0.5, 0.6) is 0 Å². The van der Waals surface area contributed by atoms with Gasteiger partial charge in [0.15, 0.2) is 0 Å². The molecule has 0 radical (unpaired) electrons. The first-order valence-electron chi connectivity index (χ1n) is 7.04. The maximum atomic E-state index is 12.0. The van der Waals surface area contributed by atoms with E-state index in [-0.39, 0.29) is 18.4 Å². The molecule has 2 rings (SSSR count). The summed E-state index contributed by atoms with van der Waals surface area (Å²) in [4.78, 5) is 36.5. The van der Waals surface area contributed by atoms with Crippen LogP contribution in [0, 0.1) is 0 Å². The van der Waals surface area contributed by atoms with E-state index >= 15 is 0 Å². The Morgan fingerprint density at radius 1 is 1.29 bits per heavy atom. The molecule has 6 nitrogen and oxygen atoms in total. The van der Waals surface area contributed by atoms with Crippen LogP contribution in [0.15, 0.2) is 30.3 Å². The second-order valence-corrected chi connectivity index (χ2v) is 4.98. The average molecular weight is 289 g/mol. The molecule has 1 unspecified atom stereocenters. The minimum atomic E-state index is -0.496. The molecule has 0 aromatic heterocycles. The van der Waals surface area contributed by atoms with Gasteiger partial charge in [0.2, 0.25) is 5.91 Å². The van der Waals surface area contributed by atoms with Crippen LogP contribution in [0.25, 0.3) is 0 Å². The Bertz CT molecular complexity index is 530.